The number of nitrogens with one attached hydrogen (secondary N) is 1. The minimum atomic E-state index is 0.401. The molecule has 0 radical (unpaired) electrons. The highest BCUT2D eigenvalue weighted by molar-refractivity contribution is 4.83. The summed E-state index contributed by atoms with van der Waals surface area (Å²) in [6.07, 6.45) is 3.95. The molecule has 0 aromatic carbocycles. The van der Waals surface area contributed by atoms with Gasteiger partial charge in [-0.3, -0.25) is 0 Å². The second-order valence-corrected chi connectivity index (χ2v) is 7.71. The zero-order valence-corrected chi connectivity index (χ0v) is 14.7. The fourth-order valence-electron chi connectivity index (χ4n) is 3.61. The van der Waals surface area contributed by atoms with Crippen molar-refractivity contribution in [3.63, 3.8) is 0 Å². The molecule has 0 aromatic rings. The van der Waals surface area contributed by atoms with Gasteiger partial charge in [-0.2, -0.15) is 0 Å². The fourth-order valence-corrected chi connectivity index (χ4v) is 3.61. The normalized spacial score (nSPS) is 23.7. The lowest BCUT2D eigenvalue weighted by Gasteiger charge is -2.35. The van der Waals surface area contributed by atoms with Gasteiger partial charge in [0.05, 0.1) is 0 Å². The molecule has 1 saturated heterocycles. The van der Waals surface area contributed by atoms with Gasteiger partial charge in [0.25, 0.3) is 0 Å². The summed E-state index contributed by atoms with van der Waals surface area (Å²) in [5.41, 5.74) is 0.401. The first kappa shape index (κ1) is 17.9. The smallest absolute Gasteiger partial charge is 0.00446 e. The van der Waals surface area contributed by atoms with Crippen LogP contribution in [0.3, 0.4) is 0 Å². The predicted molar refractivity (Wildman–Crippen MR) is 89.3 cm³/mol. The second kappa shape index (κ2) is 8.35. The monoisotopic (exact) mass is 283 g/mol. The van der Waals surface area contributed by atoms with Crippen molar-refractivity contribution < 1.29 is 0 Å². The molecule has 0 spiro atoms. The Balaban J connectivity index is 2.42. The molecule has 2 unspecified atom stereocenters. The van der Waals surface area contributed by atoms with Gasteiger partial charge in [-0.15, -0.1) is 0 Å². The molecule has 3 nitrogen and oxygen atoms in total. The van der Waals surface area contributed by atoms with Gasteiger partial charge < -0.3 is 15.1 Å². The van der Waals surface area contributed by atoms with Crippen molar-refractivity contribution in [3.8, 4) is 0 Å². The van der Waals surface area contributed by atoms with Crippen LogP contribution in [-0.4, -0.2) is 62.7 Å². The van der Waals surface area contributed by atoms with Crippen molar-refractivity contribution in [1.82, 2.24) is 15.1 Å². The average molecular weight is 284 g/mol. The summed E-state index contributed by atoms with van der Waals surface area (Å²) in [5.74, 6) is 0.869. The summed E-state index contributed by atoms with van der Waals surface area (Å²) < 4.78 is 0. The molecule has 0 saturated carbocycles. The summed E-state index contributed by atoms with van der Waals surface area (Å²) in [5, 5.41) is 3.64. The molecule has 1 aliphatic rings. The third-order valence-corrected chi connectivity index (χ3v) is 4.50. The van der Waals surface area contributed by atoms with E-state index in [2.05, 4.69) is 56.9 Å². The van der Waals surface area contributed by atoms with E-state index >= 15 is 0 Å². The Bertz CT molecular complexity index is 267. The Hall–Kier alpha value is -0.120. The van der Waals surface area contributed by atoms with Gasteiger partial charge in [-0.1, -0.05) is 34.1 Å². The van der Waals surface area contributed by atoms with Crippen LogP contribution in [-0.2, 0) is 0 Å². The van der Waals surface area contributed by atoms with E-state index in [9.17, 15) is 0 Å². The van der Waals surface area contributed by atoms with Crippen molar-refractivity contribution in [2.45, 2.75) is 53.0 Å². The molecule has 0 bridgehead atoms. The second-order valence-electron chi connectivity index (χ2n) is 7.71. The molecule has 20 heavy (non-hydrogen) atoms. The highest BCUT2D eigenvalue weighted by Gasteiger charge is 2.27. The lowest BCUT2D eigenvalue weighted by molar-refractivity contribution is 0.155. The largest absolute Gasteiger partial charge is 0.314 e. The van der Waals surface area contributed by atoms with Crippen LogP contribution in [0.4, 0.5) is 0 Å². The molecule has 0 amide bonds. The minimum absolute atomic E-state index is 0.401. The molecule has 1 heterocycles. The van der Waals surface area contributed by atoms with Crippen LogP contribution in [0.2, 0.25) is 0 Å². The van der Waals surface area contributed by atoms with E-state index in [0.29, 0.717) is 11.5 Å². The van der Waals surface area contributed by atoms with Crippen LogP contribution in [0.1, 0.15) is 47.0 Å². The lowest BCUT2D eigenvalue weighted by Crippen LogP contribution is -2.44. The Morgan fingerprint density at radius 2 is 2.10 bits per heavy atom. The number of hydrogen-bond acceptors (Lipinski definition) is 3. The maximum Gasteiger partial charge on any atom is 0.00446 e. The van der Waals surface area contributed by atoms with E-state index in [1.54, 1.807) is 0 Å². The van der Waals surface area contributed by atoms with Gasteiger partial charge in [0.15, 0.2) is 0 Å². The van der Waals surface area contributed by atoms with Gasteiger partial charge >= 0.3 is 0 Å². The maximum absolute atomic E-state index is 3.64. The van der Waals surface area contributed by atoms with Crippen LogP contribution in [0.15, 0.2) is 0 Å². The van der Waals surface area contributed by atoms with Gasteiger partial charge in [-0.25, -0.2) is 0 Å². The molecule has 2 atom stereocenters. The first-order valence-corrected chi connectivity index (χ1v) is 8.45. The van der Waals surface area contributed by atoms with Crippen molar-refractivity contribution in [3.05, 3.63) is 0 Å². The van der Waals surface area contributed by atoms with Crippen LogP contribution in [0.25, 0.3) is 0 Å². The standard InChI is InChI=1S/C17H37N3/c1-7-9-17(4,13-18-15(2)3)14-20(6)12-16-8-10-19(5)11-16/h15-16,18H,7-14H2,1-6H3. The summed E-state index contributed by atoms with van der Waals surface area (Å²) in [6.45, 7) is 15.4. The summed E-state index contributed by atoms with van der Waals surface area (Å²) in [6, 6.07) is 0.583. The SMILES string of the molecule is CCCC(C)(CNC(C)C)CN(C)CC1CCN(C)C1. The zero-order chi connectivity index (χ0) is 15.2. The molecular weight excluding hydrogens is 246 g/mol. The number of rotatable bonds is 9. The fraction of sp³-hybridized carbons (Fsp3) is 1.00. The van der Waals surface area contributed by atoms with E-state index in [1.807, 2.05) is 0 Å². The molecular formula is C17H37N3. The minimum Gasteiger partial charge on any atom is -0.314 e. The predicted octanol–water partition coefficient (Wildman–Crippen LogP) is 2.67. The Labute approximate surface area is 127 Å². The van der Waals surface area contributed by atoms with Crippen molar-refractivity contribution in [2.75, 3.05) is 46.8 Å². The molecule has 0 aromatic heterocycles. The lowest BCUT2D eigenvalue weighted by atomic mass is 9.84. The molecule has 1 rings (SSSR count). The molecule has 1 fully saturated rings. The first-order valence-electron chi connectivity index (χ1n) is 8.45. The van der Waals surface area contributed by atoms with Gasteiger partial charge in [-0.05, 0) is 44.8 Å². The molecule has 3 heteroatoms. The van der Waals surface area contributed by atoms with Crippen LogP contribution < -0.4 is 5.32 Å². The van der Waals surface area contributed by atoms with Crippen LogP contribution >= 0.6 is 0 Å². The van der Waals surface area contributed by atoms with E-state index in [-0.39, 0.29) is 0 Å². The molecule has 120 valence electrons. The number of hydrogen-bond donors (Lipinski definition) is 1. The summed E-state index contributed by atoms with van der Waals surface area (Å²) in [4.78, 5) is 5.03. The van der Waals surface area contributed by atoms with Crippen molar-refractivity contribution in [1.29, 1.82) is 0 Å². The van der Waals surface area contributed by atoms with E-state index in [4.69, 9.17) is 0 Å². The van der Waals surface area contributed by atoms with Crippen molar-refractivity contribution in [2.24, 2.45) is 11.3 Å². The zero-order valence-electron chi connectivity index (χ0n) is 14.7. The summed E-state index contributed by atoms with van der Waals surface area (Å²) >= 11 is 0. The van der Waals surface area contributed by atoms with Crippen molar-refractivity contribution >= 4 is 0 Å². The third-order valence-electron chi connectivity index (χ3n) is 4.50. The van der Waals surface area contributed by atoms with Gasteiger partial charge in [0.2, 0.25) is 0 Å². The van der Waals surface area contributed by atoms with E-state index < -0.39 is 0 Å². The van der Waals surface area contributed by atoms with E-state index in [0.717, 1.165) is 12.5 Å². The Morgan fingerprint density at radius 3 is 2.60 bits per heavy atom. The number of likely N-dealkylation sites (tertiary alicyclic amines) is 1. The first-order chi connectivity index (χ1) is 9.34. The topological polar surface area (TPSA) is 18.5 Å². The van der Waals surface area contributed by atoms with E-state index in [1.165, 1.54) is 45.4 Å². The third kappa shape index (κ3) is 6.55. The van der Waals surface area contributed by atoms with Crippen LogP contribution in [0, 0.1) is 11.3 Å². The van der Waals surface area contributed by atoms with Gasteiger partial charge in [0, 0.05) is 32.2 Å². The Kier molecular flexibility index (Phi) is 7.49. The average Bonchev–Trinajstić information content (AvgIpc) is 2.72. The number of nitrogens with zero attached hydrogens (tertiary/aromatic N) is 2. The quantitative estimate of drug-likeness (QED) is 0.702. The highest BCUT2D eigenvalue weighted by atomic mass is 15.2. The van der Waals surface area contributed by atoms with Crippen LogP contribution in [0.5, 0.6) is 0 Å². The Morgan fingerprint density at radius 1 is 1.40 bits per heavy atom. The maximum atomic E-state index is 3.64. The summed E-state index contributed by atoms with van der Waals surface area (Å²) in [7, 11) is 4.55. The van der Waals surface area contributed by atoms with Gasteiger partial charge in [0.1, 0.15) is 0 Å². The molecule has 0 aliphatic carbocycles. The highest BCUT2D eigenvalue weighted by Crippen LogP contribution is 2.25. The molecule has 1 N–H and O–H groups in total. The molecule has 1 aliphatic heterocycles.